The third-order valence-electron chi connectivity index (χ3n) is 4.47. The molecule has 2 nitrogen and oxygen atoms in total. The number of hydrogen-bond donors (Lipinski definition) is 0. The third-order valence-corrected chi connectivity index (χ3v) is 4.47. The van der Waals surface area contributed by atoms with Crippen molar-refractivity contribution < 1.29 is 22.8 Å². The second kappa shape index (κ2) is 4.90. The van der Waals surface area contributed by atoms with Crippen LogP contribution in [0.2, 0.25) is 0 Å². The van der Waals surface area contributed by atoms with Crippen molar-refractivity contribution in [1.29, 1.82) is 0 Å². The van der Waals surface area contributed by atoms with Gasteiger partial charge < -0.3 is 0 Å². The number of carbonyl (C=O) groups excluding carboxylic acids is 2. The van der Waals surface area contributed by atoms with E-state index < -0.39 is 23.7 Å². The molecule has 0 N–H and O–H groups in total. The molecule has 0 heterocycles. The number of alkyl halides is 3. The van der Waals surface area contributed by atoms with Gasteiger partial charge in [-0.25, -0.2) is 0 Å². The minimum atomic E-state index is -4.84. The lowest BCUT2D eigenvalue weighted by Gasteiger charge is -2.24. The second-order valence-electron chi connectivity index (χ2n) is 6.04. The lowest BCUT2D eigenvalue weighted by atomic mass is 9.80. The molecule has 0 saturated heterocycles. The maximum Gasteiger partial charge on any atom is 0.405 e. The van der Waals surface area contributed by atoms with Crippen LogP contribution in [0.4, 0.5) is 13.2 Å². The Morgan fingerprint density at radius 3 is 2.00 bits per heavy atom. The largest absolute Gasteiger partial charge is 0.405 e. The number of halogens is 3. The minimum Gasteiger partial charge on any atom is -0.298 e. The summed E-state index contributed by atoms with van der Waals surface area (Å²) in [5.41, 5.74) is 0.369. The molecule has 0 aliphatic heterocycles. The Bertz CT molecular complexity index is 1020. The zero-order chi connectivity index (χ0) is 17.1. The van der Waals surface area contributed by atoms with Crippen LogP contribution in [0, 0.1) is 5.92 Å². The summed E-state index contributed by atoms with van der Waals surface area (Å²) in [6.07, 6.45) is -5.21. The Morgan fingerprint density at radius 1 is 0.833 bits per heavy atom. The van der Waals surface area contributed by atoms with Gasteiger partial charge in [-0.15, -0.1) is 0 Å². The molecule has 0 bridgehead atoms. The van der Waals surface area contributed by atoms with E-state index in [1.165, 1.54) is 6.07 Å². The molecule has 0 spiro atoms. The molecule has 0 radical (unpaired) electrons. The average molecular weight is 328 g/mol. The zero-order valence-electron chi connectivity index (χ0n) is 12.4. The van der Waals surface area contributed by atoms with Crippen molar-refractivity contribution in [2.45, 2.75) is 12.6 Å². The molecule has 5 heteroatoms. The van der Waals surface area contributed by atoms with Crippen molar-refractivity contribution in [2.75, 3.05) is 0 Å². The van der Waals surface area contributed by atoms with Crippen molar-refractivity contribution in [2.24, 2.45) is 5.92 Å². The van der Waals surface area contributed by atoms with E-state index in [0.29, 0.717) is 10.9 Å². The molecule has 0 fully saturated rings. The van der Waals surface area contributed by atoms with Gasteiger partial charge in [0, 0.05) is 12.0 Å². The van der Waals surface area contributed by atoms with Crippen LogP contribution >= 0.6 is 0 Å². The van der Waals surface area contributed by atoms with Gasteiger partial charge in [-0.3, -0.25) is 9.59 Å². The maximum absolute atomic E-state index is 13.0. The van der Waals surface area contributed by atoms with Crippen LogP contribution in [0.25, 0.3) is 21.5 Å². The number of carbonyl (C=O) groups is 2. The van der Waals surface area contributed by atoms with E-state index >= 15 is 0 Å². The monoisotopic (exact) mass is 328 g/mol. The van der Waals surface area contributed by atoms with E-state index in [1.54, 1.807) is 6.07 Å². The van der Waals surface area contributed by atoms with Gasteiger partial charge in [0.05, 0.1) is 0 Å². The van der Waals surface area contributed by atoms with E-state index in [-0.39, 0.29) is 12.0 Å². The third kappa shape index (κ3) is 2.19. The number of fused-ring (bicyclic) bond motifs is 3. The molecule has 0 amide bonds. The summed E-state index contributed by atoms with van der Waals surface area (Å²) in [4.78, 5) is 24.1. The highest BCUT2D eigenvalue weighted by atomic mass is 19.4. The Labute approximate surface area is 134 Å². The SMILES string of the molecule is O=C1Cc2cc3cc4ccccc4cc3cc2C(=O)C1C(F)(F)F. The fourth-order valence-corrected chi connectivity index (χ4v) is 3.34. The van der Waals surface area contributed by atoms with Crippen LogP contribution in [-0.4, -0.2) is 17.7 Å². The van der Waals surface area contributed by atoms with E-state index in [2.05, 4.69) is 0 Å². The van der Waals surface area contributed by atoms with Crippen molar-refractivity contribution in [3.05, 3.63) is 59.7 Å². The molecule has 1 aliphatic carbocycles. The van der Waals surface area contributed by atoms with Gasteiger partial charge >= 0.3 is 6.18 Å². The zero-order valence-corrected chi connectivity index (χ0v) is 12.4. The van der Waals surface area contributed by atoms with Gasteiger partial charge in [0.1, 0.15) is 0 Å². The van der Waals surface area contributed by atoms with Crippen LogP contribution in [0.1, 0.15) is 15.9 Å². The summed E-state index contributed by atoms with van der Waals surface area (Å²) in [6, 6.07) is 14.5. The molecule has 3 aromatic rings. The second-order valence-corrected chi connectivity index (χ2v) is 6.04. The normalized spacial score (nSPS) is 18.2. The van der Waals surface area contributed by atoms with Gasteiger partial charge in [-0.05, 0) is 51.4 Å². The molecule has 0 aromatic heterocycles. The highest BCUT2D eigenvalue weighted by Crippen LogP contribution is 2.37. The summed E-state index contributed by atoms with van der Waals surface area (Å²) in [7, 11) is 0. The van der Waals surface area contributed by atoms with Gasteiger partial charge in [0.15, 0.2) is 17.5 Å². The van der Waals surface area contributed by atoms with Crippen molar-refractivity contribution in [3.8, 4) is 0 Å². The van der Waals surface area contributed by atoms with Crippen molar-refractivity contribution in [1.82, 2.24) is 0 Å². The van der Waals surface area contributed by atoms with Crippen LogP contribution in [0.5, 0.6) is 0 Å². The number of hydrogen-bond acceptors (Lipinski definition) is 2. The number of Topliss-reactive ketones (excluding diaryl/α,β-unsaturated/α-hetero) is 2. The Hall–Kier alpha value is -2.69. The summed E-state index contributed by atoms with van der Waals surface area (Å²) in [6.45, 7) is 0. The first kappa shape index (κ1) is 14.9. The number of benzene rings is 3. The van der Waals surface area contributed by atoms with Crippen LogP contribution in [-0.2, 0) is 11.2 Å². The van der Waals surface area contributed by atoms with Gasteiger partial charge in [-0.2, -0.15) is 13.2 Å². The van der Waals surface area contributed by atoms with Crippen LogP contribution in [0.15, 0.2) is 48.5 Å². The van der Waals surface area contributed by atoms with E-state index in [1.807, 2.05) is 36.4 Å². The van der Waals surface area contributed by atoms with Gasteiger partial charge in [0.25, 0.3) is 0 Å². The molecular weight excluding hydrogens is 317 g/mol. The predicted molar refractivity (Wildman–Crippen MR) is 84.0 cm³/mol. The molecule has 1 unspecified atom stereocenters. The summed E-state index contributed by atoms with van der Waals surface area (Å²) in [5.74, 6) is -4.77. The van der Waals surface area contributed by atoms with E-state index in [4.69, 9.17) is 0 Å². The molecule has 1 aliphatic rings. The fourth-order valence-electron chi connectivity index (χ4n) is 3.34. The number of rotatable bonds is 0. The van der Waals surface area contributed by atoms with Gasteiger partial charge in [0.2, 0.25) is 0 Å². The van der Waals surface area contributed by atoms with Gasteiger partial charge in [-0.1, -0.05) is 24.3 Å². The number of ketones is 2. The summed E-state index contributed by atoms with van der Waals surface area (Å²) >= 11 is 0. The molecule has 1 atom stereocenters. The average Bonchev–Trinajstić information content (AvgIpc) is 2.50. The standard InChI is InChI=1S/C19H11F3O2/c20-19(21,22)17-16(23)9-14-7-12-5-10-3-1-2-4-11(10)6-13(12)8-15(14)18(17)24/h1-8,17H,9H2. The molecule has 3 aromatic carbocycles. The summed E-state index contributed by atoms with van der Waals surface area (Å²) in [5, 5.41) is 3.43. The Balaban J connectivity index is 1.95. The molecule has 24 heavy (non-hydrogen) atoms. The first-order chi connectivity index (χ1) is 11.3. The van der Waals surface area contributed by atoms with Crippen molar-refractivity contribution >= 4 is 33.1 Å². The Morgan fingerprint density at radius 2 is 1.42 bits per heavy atom. The first-order valence-corrected chi connectivity index (χ1v) is 7.44. The maximum atomic E-state index is 13.0. The first-order valence-electron chi connectivity index (χ1n) is 7.44. The van der Waals surface area contributed by atoms with Crippen molar-refractivity contribution in [3.63, 3.8) is 0 Å². The topological polar surface area (TPSA) is 34.1 Å². The Kier molecular flexibility index (Phi) is 3.04. The predicted octanol–water partition coefficient (Wildman–Crippen LogP) is 4.48. The smallest absolute Gasteiger partial charge is 0.298 e. The quantitative estimate of drug-likeness (QED) is 0.450. The lowest BCUT2D eigenvalue weighted by Crippen LogP contribution is -2.41. The summed E-state index contributed by atoms with van der Waals surface area (Å²) < 4.78 is 39.1. The molecule has 4 rings (SSSR count). The molecular formula is C19H11F3O2. The highest BCUT2D eigenvalue weighted by Gasteiger charge is 2.52. The van der Waals surface area contributed by atoms with E-state index in [9.17, 15) is 22.8 Å². The minimum absolute atomic E-state index is 0.000272. The molecule has 120 valence electrons. The molecule has 0 saturated carbocycles. The highest BCUT2D eigenvalue weighted by molar-refractivity contribution is 6.17. The lowest BCUT2D eigenvalue weighted by molar-refractivity contribution is -0.170. The van der Waals surface area contributed by atoms with E-state index in [0.717, 1.165) is 16.2 Å². The fraction of sp³-hybridized carbons (Fsp3) is 0.158. The van der Waals surface area contributed by atoms with Crippen LogP contribution < -0.4 is 0 Å². The van der Waals surface area contributed by atoms with Crippen LogP contribution in [0.3, 0.4) is 0 Å².